The van der Waals surface area contributed by atoms with E-state index in [1.165, 1.54) is 12.1 Å². The average Bonchev–Trinajstić information content (AvgIpc) is 1.98. The molecule has 0 bridgehead atoms. The molecule has 1 aromatic carbocycles. The summed E-state index contributed by atoms with van der Waals surface area (Å²) in [6, 6.07) is 2.47. The van der Waals surface area contributed by atoms with Crippen molar-refractivity contribution in [1.29, 1.82) is 0 Å². The molecule has 0 aromatic heterocycles. The van der Waals surface area contributed by atoms with Crippen molar-refractivity contribution in [2.75, 3.05) is 0 Å². The normalized spacial score (nSPS) is 10.1. The lowest BCUT2D eigenvalue weighted by Gasteiger charge is -2.02. The maximum Gasteiger partial charge on any atom is 0.307 e. The van der Waals surface area contributed by atoms with Gasteiger partial charge in [-0.1, -0.05) is 23.2 Å². The van der Waals surface area contributed by atoms with Gasteiger partial charge in [0.15, 0.2) is 0 Å². The van der Waals surface area contributed by atoms with Gasteiger partial charge in [0.25, 0.3) is 0 Å². The van der Waals surface area contributed by atoms with Crippen molar-refractivity contribution in [3.05, 3.63) is 33.6 Å². The monoisotopic (exact) mass is 222 g/mol. The van der Waals surface area contributed by atoms with Crippen molar-refractivity contribution in [2.24, 2.45) is 0 Å². The van der Waals surface area contributed by atoms with E-state index in [1.807, 2.05) is 0 Å². The summed E-state index contributed by atoms with van der Waals surface area (Å²) in [5.41, 5.74) is -0.00926. The number of hydrogen-bond donors (Lipinski definition) is 1. The number of hydrogen-bond acceptors (Lipinski definition) is 1. The Morgan fingerprint density at radius 2 is 2.08 bits per heavy atom. The van der Waals surface area contributed by atoms with Crippen LogP contribution in [-0.4, -0.2) is 11.1 Å². The van der Waals surface area contributed by atoms with E-state index in [2.05, 4.69) is 0 Å². The Bertz CT molecular complexity index is 352. The predicted octanol–water partition coefficient (Wildman–Crippen LogP) is 2.76. The maximum atomic E-state index is 13.1. The minimum atomic E-state index is -1.13. The van der Waals surface area contributed by atoms with Gasteiger partial charge in [-0.25, -0.2) is 4.39 Å². The van der Waals surface area contributed by atoms with E-state index in [1.54, 1.807) is 0 Å². The van der Waals surface area contributed by atoms with Crippen LogP contribution in [0.3, 0.4) is 0 Å². The predicted molar refractivity (Wildman–Crippen MR) is 47.8 cm³/mol. The fraction of sp³-hybridized carbons (Fsp3) is 0.125. The van der Waals surface area contributed by atoms with Crippen molar-refractivity contribution < 1.29 is 14.3 Å². The van der Waals surface area contributed by atoms with Crippen LogP contribution in [0.1, 0.15) is 5.56 Å². The smallest absolute Gasteiger partial charge is 0.307 e. The third-order valence-electron chi connectivity index (χ3n) is 1.41. The SMILES string of the molecule is O=C(O)Cc1cc(Cl)cc(Cl)c1F. The maximum absolute atomic E-state index is 13.1. The number of halogens is 3. The van der Waals surface area contributed by atoms with E-state index in [9.17, 15) is 9.18 Å². The van der Waals surface area contributed by atoms with E-state index in [0.29, 0.717) is 0 Å². The largest absolute Gasteiger partial charge is 0.481 e. The highest BCUT2D eigenvalue weighted by molar-refractivity contribution is 6.34. The number of benzene rings is 1. The van der Waals surface area contributed by atoms with Gasteiger partial charge in [-0.15, -0.1) is 0 Å². The molecule has 0 spiro atoms. The first kappa shape index (κ1) is 10.3. The van der Waals surface area contributed by atoms with E-state index in [4.69, 9.17) is 28.3 Å². The molecule has 0 atom stereocenters. The zero-order valence-corrected chi connectivity index (χ0v) is 7.86. The standard InChI is InChI=1S/C8H5Cl2FO2/c9-5-1-4(2-7(12)13)8(11)6(10)3-5/h1,3H,2H2,(H,12,13). The highest BCUT2D eigenvalue weighted by Crippen LogP contribution is 2.24. The van der Waals surface area contributed by atoms with Crippen LogP contribution in [0.4, 0.5) is 4.39 Å². The quantitative estimate of drug-likeness (QED) is 0.782. The Balaban J connectivity index is 3.12. The van der Waals surface area contributed by atoms with Crippen LogP contribution in [0.15, 0.2) is 12.1 Å². The summed E-state index contributed by atoms with van der Waals surface area (Å²) in [5.74, 6) is -1.86. The van der Waals surface area contributed by atoms with Crippen LogP contribution < -0.4 is 0 Å². The number of rotatable bonds is 2. The molecule has 0 unspecified atom stereocenters. The Kier molecular flexibility index (Phi) is 3.12. The van der Waals surface area contributed by atoms with E-state index >= 15 is 0 Å². The highest BCUT2D eigenvalue weighted by atomic mass is 35.5. The lowest BCUT2D eigenvalue weighted by molar-refractivity contribution is -0.136. The van der Waals surface area contributed by atoms with Crippen LogP contribution in [0, 0.1) is 5.82 Å². The molecule has 0 saturated carbocycles. The van der Waals surface area contributed by atoms with Crippen molar-refractivity contribution in [3.63, 3.8) is 0 Å². The molecule has 0 aliphatic heterocycles. The Hall–Kier alpha value is -0.800. The van der Waals surface area contributed by atoms with Gasteiger partial charge in [-0.2, -0.15) is 0 Å². The molecular formula is C8H5Cl2FO2. The summed E-state index contributed by atoms with van der Waals surface area (Å²) in [6.45, 7) is 0. The van der Waals surface area contributed by atoms with Crippen molar-refractivity contribution in [1.82, 2.24) is 0 Å². The first-order valence-corrected chi connectivity index (χ1v) is 4.11. The summed E-state index contributed by atoms with van der Waals surface area (Å²) >= 11 is 11.0. The zero-order chi connectivity index (χ0) is 10.0. The van der Waals surface area contributed by atoms with Gasteiger partial charge in [-0.3, -0.25) is 4.79 Å². The third kappa shape index (κ3) is 2.57. The minimum Gasteiger partial charge on any atom is -0.481 e. The summed E-state index contributed by atoms with van der Waals surface area (Å²) in [4.78, 5) is 10.3. The summed E-state index contributed by atoms with van der Waals surface area (Å²) in [6.07, 6.45) is -0.424. The fourth-order valence-corrected chi connectivity index (χ4v) is 1.44. The Morgan fingerprint density at radius 3 is 2.62 bits per heavy atom. The van der Waals surface area contributed by atoms with Gasteiger partial charge < -0.3 is 5.11 Å². The van der Waals surface area contributed by atoms with Gasteiger partial charge in [0.2, 0.25) is 0 Å². The van der Waals surface area contributed by atoms with Crippen LogP contribution in [0.25, 0.3) is 0 Å². The molecular weight excluding hydrogens is 218 g/mol. The number of aliphatic carboxylic acids is 1. The van der Waals surface area contributed by atoms with Crippen molar-refractivity contribution >= 4 is 29.2 Å². The molecule has 70 valence electrons. The molecule has 0 saturated heterocycles. The first-order valence-electron chi connectivity index (χ1n) is 3.36. The zero-order valence-electron chi connectivity index (χ0n) is 6.35. The van der Waals surface area contributed by atoms with Gasteiger partial charge in [0.1, 0.15) is 5.82 Å². The molecule has 0 heterocycles. The molecule has 0 radical (unpaired) electrons. The number of carbonyl (C=O) groups is 1. The third-order valence-corrected chi connectivity index (χ3v) is 1.90. The molecule has 0 amide bonds. The summed E-state index contributed by atoms with van der Waals surface area (Å²) < 4.78 is 13.1. The molecule has 1 N–H and O–H groups in total. The molecule has 2 nitrogen and oxygen atoms in total. The van der Waals surface area contributed by atoms with Crippen molar-refractivity contribution in [3.8, 4) is 0 Å². The van der Waals surface area contributed by atoms with E-state index in [-0.39, 0.29) is 15.6 Å². The van der Waals surface area contributed by atoms with Crippen molar-refractivity contribution in [2.45, 2.75) is 6.42 Å². The number of carboxylic acid groups (broad SMARTS) is 1. The lowest BCUT2D eigenvalue weighted by atomic mass is 10.1. The van der Waals surface area contributed by atoms with Gasteiger partial charge in [0.05, 0.1) is 11.4 Å². The summed E-state index contributed by atoms with van der Waals surface area (Å²) in [7, 11) is 0. The lowest BCUT2D eigenvalue weighted by Crippen LogP contribution is -2.02. The second-order valence-corrected chi connectivity index (χ2v) is 3.27. The molecule has 5 heteroatoms. The molecule has 0 aliphatic rings. The number of carboxylic acids is 1. The Morgan fingerprint density at radius 1 is 1.46 bits per heavy atom. The average molecular weight is 223 g/mol. The molecule has 1 rings (SSSR count). The first-order chi connectivity index (χ1) is 6.00. The van der Waals surface area contributed by atoms with Gasteiger partial charge in [-0.05, 0) is 12.1 Å². The molecule has 0 aliphatic carbocycles. The van der Waals surface area contributed by atoms with Crippen LogP contribution in [0.5, 0.6) is 0 Å². The summed E-state index contributed by atoms with van der Waals surface area (Å²) in [5, 5.41) is 8.48. The van der Waals surface area contributed by atoms with Crippen LogP contribution in [0.2, 0.25) is 10.0 Å². The minimum absolute atomic E-state index is 0.00926. The van der Waals surface area contributed by atoms with Gasteiger partial charge >= 0.3 is 5.97 Å². The second kappa shape index (κ2) is 3.94. The van der Waals surface area contributed by atoms with Gasteiger partial charge in [0, 0.05) is 10.6 Å². The van der Waals surface area contributed by atoms with Crippen LogP contribution in [-0.2, 0) is 11.2 Å². The topological polar surface area (TPSA) is 37.3 Å². The van der Waals surface area contributed by atoms with E-state index in [0.717, 1.165) is 0 Å². The Labute approximate surface area is 83.9 Å². The molecule has 1 aromatic rings. The van der Waals surface area contributed by atoms with Crippen LogP contribution >= 0.6 is 23.2 Å². The highest BCUT2D eigenvalue weighted by Gasteiger charge is 2.11. The fourth-order valence-electron chi connectivity index (χ4n) is 0.901. The molecule has 13 heavy (non-hydrogen) atoms. The second-order valence-electron chi connectivity index (χ2n) is 2.43. The van der Waals surface area contributed by atoms with E-state index < -0.39 is 18.2 Å². The molecule has 0 fully saturated rings.